The summed E-state index contributed by atoms with van der Waals surface area (Å²) >= 11 is -2.96. The third kappa shape index (κ3) is 4.89. The Morgan fingerprint density at radius 1 is 0.657 bits per heavy atom. The van der Waals surface area contributed by atoms with Crippen LogP contribution >= 0.6 is 24.8 Å². The van der Waals surface area contributed by atoms with Crippen molar-refractivity contribution in [3.63, 3.8) is 0 Å². The molecule has 0 aliphatic heterocycles. The molecule has 2 aliphatic rings. The quantitative estimate of drug-likeness (QED) is 0.251. The van der Waals surface area contributed by atoms with Gasteiger partial charge >= 0.3 is 207 Å². The molecule has 3 aromatic rings. The molecule has 0 spiro atoms. The van der Waals surface area contributed by atoms with Gasteiger partial charge < -0.3 is 0 Å². The van der Waals surface area contributed by atoms with Gasteiger partial charge in [0.25, 0.3) is 0 Å². The number of hydrogen-bond donors (Lipinski definition) is 0. The maximum atomic E-state index is 2.54. The van der Waals surface area contributed by atoms with E-state index in [-0.39, 0.29) is 24.8 Å². The van der Waals surface area contributed by atoms with Crippen LogP contribution < -0.4 is 0 Å². The van der Waals surface area contributed by atoms with Gasteiger partial charge in [-0.15, -0.1) is 24.8 Å². The van der Waals surface area contributed by atoms with Crippen molar-refractivity contribution in [2.45, 2.75) is 51.9 Å². The van der Waals surface area contributed by atoms with E-state index in [1.807, 2.05) is 0 Å². The van der Waals surface area contributed by atoms with Crippen molar-refractivity contribution in [2.24, 2.45) is 0 Å². The van der Waals surface area contributed by atoms with Crippen LogP contribution in [0.5, 0.6) is 0 Å². The maximum absolute atomic E-state index is 2.96. The Bertz CT molecular complexity index is 1240. The minimum atomic E-state index is -2.96. The van der Waals surface area contributed by atoms with E-state index < -0.39 is 18.9 Å². The van der Waals surface area contributed by atoms with Crippen molar-refractivity contribution in [2.75, 3.05) is 0 Å². The summed E-state index contributed by atoms with van der Waals surface area (Å²) in [7, 11) is 0. The van der Waals surface area contributed by atoms with Gasteiger partial charge in [0, 0.05) is 0 Å². The predicted molar refractivity (Wildman–Crippen MR) is 158 cm³/mol. The van der Waals surface area contributed by atoms with Crippen LogP contribution in [0.3, 0.4) is 0 Å². The van der Waals surface area contributed by atoms with Crippen LogP contribution in [0.4, 0.5) is 0 Å². The Morgan fingerprint density at radius 3 is 1.54 bits per heavy atom. The van der Waals surface area contributed by atoms with E-state index in [4.69, 9.17) is 0 Å². The van der Waals surface area contributed by atoms with Gasteiger partial charge in [0.2, 0.25) is 0 Å². The van der Waals surface area contributed by atoms with Gasteiger partial charge in [0.1, 0.15) is 0 Å². The van der Waals surface area contributed by atoms with Gasteiger partial charge in [-0.3, -0.25) is 0 Å². The number of halogens is 2. The Kier molecular flexibility index (Phi) is 9.31. The fourth-order valence-corrected chi connectivity index (χ4v) is 28.3. The summed E-state index contributed by atoms with van der Waals surface area (Å²) in [5, 5.41) is 0. The van der Waals surface area contributed by atoms with Gasteiger partial charge in [-0.25, -0.2) is 0 Å². The molecule has 5 rings (SSSR count). The third-order valence-electron chi connectivity index (χ3n) is 8.02. The second-order valence-electron chi connectivity index (χ2n) is 10.1. The molecule has 0 N–H and O–H groups in total. The first-order valence-electron chi connectivity index (χ1n) is 12.5. The number of fused-ring (bicyclic) bond motifs is 2. The van der Waals surface area contributed by atoms with E-state index in [1.165, 1.54) is 31.9 Å². The van der Waals surface area contributed by atoms with Gasteiger partial charge in [0.15, 0.2) is 0 Å². The SMILES string of the molecule is CCc1cccc2c1C=C(C)[CH]2[Zr](=[SiH2])([CH2]c1ccccc1)[CH]1C(C)=Cc2c(CC)cccc21.Cl.Cl. The largest absolute Gasteiger partial charge is 0.147 e. The Labute approximate surface area is 229 Å². The molecule has 183 valence electrons. The molecule has 3 aromatic carbocycles. The molecule has 35 heavy (non-hydrogen) atoms. The number of hydrogen-bond acceptors (Lipinski definition) is 0. The molecule has 4 heteroatoms. The molecule has 2 aliphatic carbocycles. The van der Waals surface area contributed by atoms with Crippen molar-refractivity contribution < 1.29 is 18.9 Å². The zero-order valence-corrected chi connectivity index (χ0v) is 26.8. The van der Waals surface area contributed by atoms with E-state index in [1.54, 1.807) is 22.3 Å². The minimum Gasteiger partial charge on any atom is -0.147 e. The fourth-order valence-electron chi connectivity index (χ4n) is 6.72. The molecule has 0 aromatic heterocycles. The fraction of sp³-hybridized carbons (Fsp3) is 0.290. The normalized spacial score (nSPS) is 19.4. The first kappa shape index (κ1) is 28.4. The zero-order chi connectivity index (χ0) is 23.2. The van der Waals surface area contributed by atoms with Crippen LogP contribution in [0.1, 0.15) is 73.9 Å². The van der Waals surface area contributed by atoms with Crippen LogP contribution in [0, 0.1) is 0 Å². The van der Waals surface area contributed by atoms with Crippen molar-refractivity contribution in [3.8, 4) is 0 Å². The molecule has 0 nitrogen and oxygen atoms in total. The van der Waals surface area contributed by atoms with Crippen molar-refractivity contribution in [1.82, 2.24) is 0 Å². The van der Waals surface area contributed by atoms with Crippen LogP contribution in [0.15, 0.2) is 77.9 Å². The second kappa shape index (κ2) is 11.5. The van der Waals surface area contributed by atoms with E-state index in [0.717, 1.165) is 12.8 Å². The van der Waals surface area contributed by atoms with Crippen LogP contribution in [0.25, 0.3) is 12.2 Å². The standard InChI is InChI=1S/2C12H13.C7H7.2ClH.H2Si.Zr/c2*1-3-10-5-4-6-11-7-9(2)8-12(10)11;1-7-5-3-2-4-6-7;;;;/h2*4-8H,3H2,1-2H3;2-6H,1H2;2*1H;1H2;. The topological polar surface area (TPSA) is 0 Å². The van der Waals surface area contributed by atoms with E-state index in [0.29, 0.717) is 7.25 Å². The molecule has 2 atom stereocenters. The molecule has 0 saturated heterocycles. The van der Waals surface area contributed by atoms with Crippen molar-refractivity contribution >= 4 is 43.8 Å². The number of benzene rings is 3. The maximum Gasteiger partial charge on any atom is -0.147 e. The zero-order valence-electron chi connectivity index (χ0n) is 21.3. The monoisotopic (exact) mass is 597 g/mol. The summed E-state index contributed by atoms with van der Waals surface area (Å²) in [5.41, 5.74) is 14.1. The summed E-state index contributed by atoms with van der Waals surface area (Å²) in [4.78, 5) is 0. The molecule has 0 radical (unpaired) electrons. The average Bonchev–Trinajstić information content (AvgIpc) is 3.35. The molecule has 0 saturated carbocycles. The van der Waals surface area contributed by atoms with Crippen LogP contribution in [-0.4, -0.2) is 6.88 Å². The molecule has 0 bridgehead atoms. The van der Waals surface area contributed by atoms with Crippen LogP contribution in [0.2, 0.25) is 0 Å². The summed E-state index contributed by atoms with van der Waals surface area (Å²) in [6, 6.07) is 25.6. The Hall–Kier alpha value is -1.18. The van der Waals surface area contributed by atoms with Crippen molar-refractivity contribution in [3.05, 3.63) is 117 Å². The molecule has 2 unspecified atom stereocenters. The number of aryl methyl sites for hydroxylation is 2. The van der Waals surface area contributed by atoms with Gasteiger partial charge in [-0.1, -0.05) is 0 Å². The van der Waals surface area contributed by atoms with Crippen molar-refractivity contribution in [1.29, 1.82) is 0 Å². The first-order chi connectivity index (χ1) is 16.0. The van der Waals surface area contributed by atoms with Crippen LogP contribution in [-0.2, 0) is 35.9 Å². The van der Waals surface area contributed by atoms with Gasteiger partial charge in [0.05, 0.1) is 0 Å². The summed E-state index contributed by atoms with van der Waals surface area (Å²) < 4.78 is 2.54. The molecule has 0 fully saturated rings. The number of allylic oxidation sites excluding steroid dienone is 2. The molecular formula is C31H37Cl2SiZr. The summed E-state index contributed by atoms with van der Waals surface area (Å²) in [5.74, 6) is 0. The smallest absolute Gasteiger partial charge is 0.147 e. The summed E-state index contributed by atoms with van der Waals surface area (Å²) in [6.07, 6.45) is 7.30. The molecule has 0 amide bonds. The van der Waals surface area contributed by atoms with Gasteiger partial charge in [-0.2, -0.15) is 0 Å². The van der Waals surface area contributed by atoms with E-state index >= 15 is 0 Å². The Morgan fingerprint density at radius 2 is 1.11 bits per heavy atom. The summed E-state index contributed by atoms with van der Waals surface area (Å²) in [6.45, 7) is 11.9. The van der Waals surface area contributed by atoms with E-state index in [2.05, 4.69) is 113 Å². The minimum absolute atomic E-state index is 0. The van der Waals surface area contributed by atoms with E-state index in [9.17, 15) is 0 Å². The molecule has 0 heterocycles. The number of rotatable bonds is 6. The predicted octanol–water partition coefficient (Wildman–Crippen LogP) is 8.17. The Balaban J connectivity index is 0.00000171. The van der Waals surface area contributed by atoms with Gasteiger partial charge in [-0.05, 0) is 0 Å². The third-order valence-corrected chi connectivity index (χ3v) is 26.4. The average molecular weight is 600 g/mol. The first-order valence-corrected chi connectivity index (χ1v) is 23.0. The second-order valence-corrected chi connectivity index (χ2v) is 27.6. The molecular weight excluding hydrogens is 563 g/mol.